The third-order valence-corrected chi connectivity index (χ3v) is 4.14. The summed E-state index contributed by atoms with van der Waals surface area (Å²) in [5.74, 6) is -0.741. The average molecular weight is 376 g/mol. The van der Waals surface area contributed by atoms with Crippen molar-refractivity contribution in [2.45, 2.75) is 64.8 Å². The fourth-order valence-corrected chi connectivity index (χ4v) is 2.90. The first kappa shape index (κ1) is 20.7. The van der Waals surface area contributed by atoms with E-state index in [-0.39, 0.29) is 12.5 Å². The number of nitrogens with one attached hydrogen (secondary N) is 1. The number of ether oxygens (including phenoxy) is 2. The molecule has 2 rings (SSSR count). The summed E-state index contributed by atoms with van der Waals surface area (Å²) < 4.78 is 10.5. The van der Waals surface area contributed by atoms with Crippen LogP contribution in [0.1, 0.15) is 46.1 Å². The Morgan fingerprint density at radius 2 is 1.89 bits per heavy atom. The maximum Gasteiger partial charge on any atom is 0.408 e. The summed E-state index contributed by atoms with van der Waals surface area (Å²) in [6.45, 7) is 7.46. The summed E-state index contributed by atoms with van der Waals surface area (Å²) in [6.07, 6.45) is 0.611. The van der Waals surface area contributed by atoms with Crippen molar-refractivity contribution in [3.63, 3.8) is 0 Å². The molecular formula is C20H28N2O5. The fourth-order valence-electron chi connectivity index (χ4n) is 2.90. The predicted molar refractivity (Wildman–Crippen MR) is 99.8 cm³/mol. The number of alkyl carbamates (subject to hydrolysis) is 1. The molecule has 1 saturated heterocycles. The minimum absolute atomic E-state index is 0.171. The van der Waals surface area contributed by atoms with Crippen molar-refractivity contribution in [3.8, 4) is 0 Å². The SMILES string of the molecule is C[C@@H](NC(=O)OC(C)(C)C)C(=O)N1CCC[C@H]1C(=O)OCc1ccccc1. The maximum absolute atomic E-state index is 12.7. The van der Waals surface area contributed by atoms with E-state index >= 15 is 0 Å². The lowest BCUT2D eigenvalue weighted by atomic mass is 10.2. The number of carbonyl (C=O) groups excluding carboxylic acids is 3. The number of likely N-dealkylation sites (tertiary alicyclic amines) is 1. The van der Waals surface area contributed by atoms with Gasteiger partial charge in [-0.25, -0.2) is 9.59 Å². The molecule has 7 nitrogen and oxygen atoms in total. The topological polar surface area (TPSA) is 84.9 Å². The van der Waals surface area contributed by atoms with E-state index in [2.05, 4.69) is 5.32 Å². The van der Waals surface area contributed by atoms with Gasteiger partial charge in [0.15, 0.2) is 0 Å². The highest BCUT2D eigenvalue weighted by atomic mass is 16.6. The van der Waals surface area contributed by atoms with Crippen LogP contribution >= 0.6 is 0 Å². The van der Waals surface area contributed by atoms with E-state index in [9.17, 15) is 14.4 Å². The number of hydrogen-bond acceptors (Lipinski definition) is 5. The summed E-state index contributed by atoms with van der Waals surface area (Å²) in [6, 6.07) is 7.97. The van der Waals surface area contributed by atoms with Crippen LogP contribution in [0.2, 0.25) is 0 Å². The molecule has 1 aromatic carbocycles. The highest BCUT2D eigenvalue weighted by Crippen LogP contribution is 2.20. The zero-order chi connectivity index (χ0) is 20.0. The summed E-state index contributed by atoms with van der Waals surface area (Å²) in [4.78, 5) is 38.5. The summed E-state index contributed by atoms with van der Waals surface area (Å²) in [5, 5.41) is 2.53. The van der Waals surface area contributed by atoms with Crippen LogP contribution in [0.3, 0.4) is 0 Å². The maximum atomic E-state index is 12.7. The molecule has 148 valence electrons. The van der Waals surface area contributed by atoms with Crippen LogP contribution in [-0.2, 0) is 25.7 Å². The van der Waals surface area contributed by atoms with Gasteiger partial charge in [-0.05, 0) is 46.1 Å². The van der Waals surface area contributed by atoms with Crippen molar-refractivity contribution in [1.29, 1.82) is 0 Å². The Hall–Kier alpha value is -2.57. The van der Waals surface area contributed by atoms with Gasteiger partial charge in [-0.15, -0.1) is 0 Å². The normalized spacial score (nSPS) is 17.9. The highest BCUT2D eigenvalue weighted by molar-refractivity contribution is 5.90. The van der Waals surface area contributed by atoms with Gasteiger partial charge in [0.2, 0.25) is 5.91 Å². The highest BCUT2D eigenvalue weighted by Gasteiger charge is 2.37. The molecule has 0 saturated carbocycles. The molecule has 0 aliphatic carbocycles. The van der Waals surface area contributed by atoms with Gasteiger partial charge < -0.3 is 19.7 Å². The molecule has 1 heterocycles. The first-order valence-electron chi connectivity index (χ1n) is 9.18. The van der Waals surface area contributed by atoms with Crippen LogP contribution in [0.15, 0.2) is 30.3 Å². The van der Waals surface area contributed by atoms with E-state index in [0.29, 0.717) is 13.0 Å². The van der Waals surface area contributed by atoms with Crippen molar-refractivity contribution >= 4 is 18.0 Å². The van der Waals surface area contributed by atoms with Gasteiger partial charge >= 0.3 is 12.1 Å². The largest absolute Gasteiger partial charge is 0.459 e. The van der Waals surface area contributed by atoms with E-state index in [4.69, 9.17) is 9.47 Å². The van der Waals surface area contributed by atoms with Gasteiger partial charge in [0.1, 0.15) is 24.3 Å². The van der Waals surface area contributed by atoms with Crippen molar-refractivity contribution < 1.29 is 23.9 Å². The quantitative estimate of drug-likeness (QED) is 0.799. The molecule has 2 atom stereocenters. The van der Waals surface area contributed by atoms with E-state index < -0.39 is 29.7 Å². The van der Waals surface area contributed by atoms with Crippen LogP contribution in [0, 0.1) is 0 Å². The zero-order valence-corrected chi connectivity index (χ0v) is 16.4. The number of nitrogens with zero attached hydrogens (tertiary/aromatic N) is 1. The van der Waals surface area contributed by atoms with Crippen LogP contribution in [0.25, 0.3) is 0 Å². The summed E-state index contributed by atoms with van der Waals surface area (Å²) in [5.41, 5.74) is 0.242. The second-order valence-corrected chi connectivity index (χ2v) is 7.65. The molecule has 1 N–H and O–H groups in total. The molecular weight excluding hydrogens is 348 g/mol. The fraction of sp³-hybridized carbons (Fsp3) is 0.550. The molecule has 1 aliphatic rings. The molecule has 0 spiro atoms. The van der Waals surface area contributed by atoms with Gasteiger partial charge in [-0.2, -0.15) is 0 Å². The number of benzene rings is 1. The van der Waals surface area contributed by atoms with Crippen molar-refractivity contribution in [2.24, 2.45) is 0 Å². The lowest BCUT2D eigenvalue weighted by Gasteiger charge is -2.27. The van der Waals surface area contributed by atoms with E-state index in [1.807, 2.05) is 30.3 Å². The lowest BCUT2D eigenvalue weighted by molar-refractivity contribution is -0.154. The summed E-state index contributed by atoms with van der Waals surface area (Å²) >= 11 is 0. The molecule has 1 aromatic rings. The number of hydrogen-bond donors (Lipinski definition) is 1. The monoisotopic (exact) mass is 376 g/mol. The van der Waals surface area contributed by atoms with Gasteiger partial charge in [0.05, 0.1) is 0 Å². The third kappa shape index (κ3) is 6.27. The van der Waals surface area contributed by atoms with Crippen molar-refractivity contribution in [1.82, 2.24) is 10.2 Å². The summed E-state index contributed by atoms with van der Waals surface area (Å²) in [7, 11) is 0. The van der Waals surface area contributed by atoms with Crippen LogP contribution < -0.4 is 5.32 Å². The van der Waals surface area contributed by atoms with E-state index in [1.54, 1.807) is 27.7 Å². The zero-order valence-electron chi connectivity index (χ0n) is 16.4. The number of carbonyl (C=O) groups is 3. The lowest BCUT2D eigenvalue weighted by Crippen LogP contribution is -2.51. The minimum atomic E-state index is -0.789. The van der Waals surface area contributed by atoms with Gasteiger partial charge in [0.25, 0.3) is 0 Å². The number of rotatable bonds is 5. The number of amides is 2. The Morgan fingerprint density at radius 1 is 1.22 bits per heavy atom. The van der Waals surface area contributed by atoms with E-state index in [1.165, 1.54) is 4.90 Å². The van der Waals surface area contributed by atoms with Crippen LogP contribution in [-0.4, -0.2) is 47.1 Å². The van der Waals surface area contributed by atoms with Gasteiger partial charge in [0, 0.05) is 6.54 Å². The first-order valence-corrected chi connectivity index (χ1v) is 9.18. The second-order valence-electron chi connectivity index (χ2n) is 7.65. The average Bonchev–Trinajstić information content (AvgIpc) is 3.07. The molecule has 7 heteroatoms. The van der Waals surface area contributed by atoms with Crippen molar-refractivity contribution in [3.05, 3.63) is 35.9 Å². The molecule has 0 unspecified atom stereocenters. The Balaban J connectivity index is 1.90. The Kier molecular flexibility index (Phi) is 6.82. The number of esters is 1. The first-order chi connectivity index (χ1) is 12.7. The Bertz CT molecular complexity index is 669. The molecule has 1 fully saturated rings. The molecule has 27 heavy (non-hydrogen) atoms. The van der Waals surface area contributed by atoms with Crippen LogP contribution in [0.4, 0.5) is 4.79 Å². The smallest absolute Gasteiger partial charge is 0.408 e. The Labute approximate surface area is 160 Å². The van der Waals surface area contributed by atoms with Crippen molar-refractivity contribution in [2.75, 3.05) is 6.54 Å². The molecule has 0 radical (unpaired) electrons. The Morgan fingerprint density at radius 3 is 2.52 bits per heavy atom. The minimum Gasteiger partial charge on any atom is -0.459 e. The van der Waals surface area contributed by atoms with Gasteiger partial charge in [-0.3, -0.25) is 4.79 Å². The standard InChI is InChI=1S/C20H28N2O5/c1-14(21-19(25)27-20(2,3)4)17(23)22-12-8-11-16(22)18(24)26-13-15-9-6-5-7-10-15/h5-7,9-10,14,16H,8,11-13H2,1-4H3,(H,21,25)/t14-,16+/m1/s1. The predicted octanol–water partition coefficient (Wildman–Crippen LogP) is 2.63. The molecule has 1 aliphatic heterocycles. The third-order valence-electron chi connectivity index (χ3n) is 4.14. The second kappa shape index (κ2) is 8.88. The van der Waals surface area contributed by atoms with Crippen LogP contribution in [0.5, 0.6) is 0 Å². The van der Waals surface area contributed by atoms with Gasteiger partial charge in [-0.1, -0.05) is 30.3 Å². The molecule has 0 bridgehead atoms. The van der Waals surface area contributed by atoms with E-state index in [0.717, 1.165) is 12.0 Å². The molecule has 2 amide bonds. The molecule has 0 aromatic heterocycles.